The number of imide groups is 1. The van der Waals surface area contributed by atoms with Crippen LogP contribution in [0.3, 0.4) is 0 Å². The van der Waals surface area contributed by atoms with Gasteiger partial charge in [-0.2, -0.15) is 14.3 Å². The lowest BCUT2D eigenvalue weighted by Crippen LogP contribution is -2.44. The van der Waals surface area contributed by atoms with Crippen molar-refractivity contribution < 1.29 is 28.2 Å². The Kier molecular flexibility index (Phi) is 6.95. The van der Waals surface area contributed by atoms with Crippen LogP contribution in [0.25, 0.3) is 0 Å². The van der Waals surface area contributed by atoms with Crippen molar-refractivity contribution >= 4 is 35.3 Å². The highest BCUT2D eigenvalue weighted by Crippen LogP contribution is 2.31. The Hall–Kier alpha value is -3.14. The zero-order chi connectivity index (χ0) is 23.6. The molecule has 1 aromatic heterocycles. The molecule has 2 rings (SSSR count). The van der Waals surface area contributed by atoms with Crippen LogP contribution in [0, 0.1) is 5.82 Å². The van der Waals surface area contributed by atoms with Crippen molar-refractivity contribution in [3.63, 3.8) is 0 Å². The summed E-state index contributed by atoms with van der Waals surface area (Å²) in [4.78, 5) is 33.2. The van der Waals surface area contributed by atoms with Gasteiger partial charge >= 0.3 is 12.2 Å². The van der Waals surface area contributed by atoms with Crippen LogP contribution in [-0.2, 0) is 9.47 Å². The number of carbonyl (C=O) groups excluding carboxylic acids is 2. The number of hydrogen-bond acceptors (Lipinski definition) is 8. The Labute approximate surface area is 184 Å². The number of benzene rings is 1. The van der Waals surface area contributed by atoms with E-state index in [9.17, 15) is 9.59 Å². The second-order valence-corrected chi connectivity index (χ2v) is 8.81. The summed E-state index contributed by atoms with van der Waals surface area (Å²) in [5, 5.41) is 0.191. The summed E-state index contributed by atoms with van der Waals surface area (Å²) in [6, 6.07) is 4.27. The molecular weight excluding hydrogens is 431 g/mol. The van der Waals surface area contributed by atoms with Crippen molar-refractivity contribution in [3.8, 4) is 11.6 Å². The molecule has 0 saturated heterocycles. The van der Waals surface area contributed by atoms with Gasteiger partial charge in [0.2, 0.25) is 5.82 Å². The first-order valence-corrected chi connectivity index (χ1v) is 9.55. The second kappa shape index (κ2) is 8.93. The van der Waals surface area contributed by atoms with E-state index in [2.05, 4.69) is 9.97 Å². The zero-order valence-corrected chi connectivity index (χ0v) is 18.8. The fourth-order valence-corrected chi connectivity index (χ4v) is 2.29. The van der Waals surface area contributed by atoms with Gasteiger partial charge in [0.15, 0.2) is 5.82 Å². The summed E-state index contributed by atoms with van der Waals surface area (Å²) in [5.41, 5.74) is 4.01. The Morgan fingerprint density at radius 3 is 2.06 bits per heavy atom. The van der Waals surface area contributed by atoms with Gasteiger partial charge in [0.1, 0.15) is 23.3 Å². The first-order chi connectivity index (χ1) is 14.2. The summed E-state index contributed by atoms with van der Waals surface area (Å²) < 4.78 is 31.0. The van der Waals surface area contributed by atoms with Gasteiger partial charge in [0, 0.05) is 6.07 Å². The standard InChI is InChI=1S/C20H24ClFN4O5/c1-19(2,3)30-17(27)26(18(28)31-20(4,5)6)15-14(22)16(25-10-24-15)29-11-7-8-13(23)12(21)9-11/h7-10H,23H2,1-6H3. The predicted octanol–water partition coefficient (Wildman–Crippen LogP) is 5.32. The normalized spacial score (nSPS) is 11.6. The predicted molar refractivity (Wildman–Crippen MR) is 113 cm³/mol. The number of rotatable bonds is 3. The van der Waals surface area contributed by atoms with Gasteiger partial charge in [-0.1, -0.05) is 11.6 Å². The smallest absolute Gasteiger partial charge is 0.425 e. The number of carbonyl (C=O) groups is 2. The molecule has 2 aromatic rings. The highest BCUT2D eigenvalue weighted by atomic mass is 35.5. The van der Waals surface area contributed by atoms with Crippen molar-refractivity contribution in [2.45, 2.75) is 52.7 Å². The molecular formula is C20H24ClFN4O5. The van der Waals surface area contributed by atoms with Crippen LogP contribution in [0.5, 0.6) is 11.6 Å². The number of nitrogens with zero attached hydrogens (tertiary/aromatic N) is 3. The minimum Gasteiger partial charge on any atom is -0.443 e. The van der Waals surface area contributed by atoms with Gasteiger partial charge in [-0.25, -0.2) is 14.6 Å². The van der Waals surface area contributed by atoms with Crippen LogP contribution in [0.4, 0.5) is 25.5 Å². The highest BCUT2D eigenvalue weighted by Gasteiger charge is 2.36. The molecule has 0 fully saturated rings. The molecule has 0 aliphatic rings. The lowest BCUT2D eigenvalue weighted by Gasteiger charge is -2.28. The number of ether oxygens (including phenoxy) is 3. The molecule has 0 radical (unpaired) electrons. The lowest BCUT2D eigenvalue weighted by atomic mass is 10.2. The quantitative estimate of drug-likeness (QED) is 0.619. The van der Waals surface area contributed by atoms with Crippen LogP contribution < -0.4 is 15.4 Å². The molecule has 0 aliphatic heterocycles. The maximum absolute atomic E-state index is 15.2. The monoisotopic (exact) mass is 454 g/mol. The minimum atomic E-state index is -1.19. The van der Waals surface area contributed by atoms with Crippen LogP contribution >= 0.6 is 11.6 Å². The molecule has 0 aliphatic carbocycles. The third-order valence-corrected chi connectivity index (χ3v) is 3.62. The fraction of sp³-hybridized carbons (Fsp3) is 0.400. The van der Waals surface area contributed by atoms with Gasteiger partial charge in [-0.05, 0) is 53.7 Å². The number of hydrogen-bond donors (Lipinski definition) is 1. The van der Waals surface area contributed by atoms with E-state index in [0.717, 1.165) is 6.33 Å². The molecule has 0 saturated carbocycles. The number of amides is 2. The minimum absolute atomic E-state index is 0.129. The van der Waals surface area contributed by atoms with Gasteiger partial charge < -0.3 is 19.9 Å². The third-order valence-electron chi connectivity index (χ3n) is 3.29. The average molecular weight is 455 g/mol. The zero-order valence-electron chi connectivity index (χ0n) is 18.0. The van der Waals surface area contributed by atoms with Crippen LogP contribution in [0.1, 0.15) is 41.5 Å². The summed E-state index contributed by atoms with van der Waals surface area (Å²) in [6.45, 7) is 9.55. The van der Waals surface area contributed by atoms with Crippen molar-refractivity contribution in [2.75, 3.05) is 10.6 Å². The van der Waals surface area contributed by atoms with Gasteiger partial charge in [0.05, 0.1) is 10.7 Å². The largest absolute Gasteiger partial charge is 0.443 e. The van der Waals surface area contributed by atoms with E-state index in [-0.39, 0.29) is 10.8 Å². The topological polar surface area (TPSA) is 117 Å². The molecule has 9 nitrogen and oxygen atoms in total. The Balaban J connectivity index is 2.47. The van der Waals surface area contributed by atoms with E-state index in [1.54, 1.807) is 41.5 Å². The summed E-state index contributed by atoms with van der Waals surface area (Å²) >= 11 is 5.95. The van der Waals surface area contributed by atoms with Gasteiger partial charge in [-0.3, -0.25) is 0 Å². The maximum atomic E-state index is 15.2. The number of aromatic nitrogens is 2. The van der Waals surface area contributed by atoms with E-state index in [1.807, 2.05) is 0 Å². The molecule has 0 unspecified atom stereocenters. The van der Waals surface area contributed by atoms with E-state index in [1.165, 1.54) is 18.2 Å². The van der Waals surface area contributed by atoms with Crippen molar-refractivity contribution in [1.82, 2.24) is 9.97 Å². The maximum Gasteiger partial charge on any atom is 0.425 e. The van der Waals surface area contributed by atoms with E-state index >= 15 is 4.39 Å². The van der Waals surface area contributed by atoms with Gasteiger partial charge in [0.25, 0.3) is 5.88 Å². The number of halogens is 2. The van der Waals surface area contributed by atoms with Gasteiger partial charge in [-0.15, -0.1) is 0 Å². The number of nitrogens with two attached hydrogens (primary N) is 1. The molecule has 2 amide bonds. The van der Waals surface area contributed by atoms with Crippen LogP contribution in [-0.4, -0.2) is 33.4 Å². The highest BCUT2D eigenvalue weighted by molar-refractivity contribution is 6.33. The summed E-state index contributed by atoms with van der Waals surface area (Å²) in [7, 11) is 0. The molecule has 31 heavy (non-hydrogen) atoms. The van der Waals surface area contributed by atoms with Crippen molar-refractivity contribution in [2.24, 2.45) is 0 Å². The molecule has 168 valence electrons. The summed E-state index contributed by atoms with van der Waals surface area (Å²) in [5.74, 6) is -2.31. The molecule has 11 heteroatoms. The first kappa shape index (κ1) is 24.1. The van der Waals surface area contributed by atoms with E-state index < -0.39 is 40.9 Å². The van der Waals surface area contributed by atoms with Crippen LogP contribution in [0.15, 0.2) is 24.5 Å². The first-order valence-electron chi connectivity index (χ1n) is 9.17. The van der Waals surface area contributed by atoms with Crippen molar-refractivity contribution in [1.29, 1.82) is 0 Å². The number of anilines is 2. The number of nitrogen functional groups attached to an aromatic ring is 1. The van der Waals surface area contributed by atoms with E-state index in [0.29, 0.717) is 10.6 Å². The second-order valence-electron chi connectivity index (χ2n) is 8.40. The molecule has 1 aromatic carbocycles. The van der Waals surface area contributed by atoms with Crippen LogP contribution in [0.2, 0.25) is 5.02 Å². The SMILES string of the molecule is CC(C)(C)OC(=O)N(C(=O)OC(C)(C)C)c1ncnc(Oc2ccc(N)c(Cl)c2)c1F. The van der Waals surface area contributed by atoms with E-state index in [4.69, 9.17) is 31.5 Å². The Bertz CT molecular complexity index is 961. The molecule has 0 spiro atoms. The average Bonchev–Trinajstić information content (AvgIpc) is 2.58. The fourth-order valence-electron chi connectivity index (χ4n) is 2.12. The Morgan fingerprint density at radius 2 is 1.58 bits per heavy atom. The molecule has 0 bridgehead atoms. The summed E-state index contributed by atoms with van der Waals surface area (Å²) in [6.07, 6.45) is -1.43. The third kappa shape index (κ3) is 6.68. The molecule has 2 N–H and O–H groups in total. The lowest BCUT2D eigenvalue weighted by molar-refractivity contribution is 0.0427. The molecule has 0 atom stereocenters. The molecule has 1 heterocycles. The Morgan fingerprint density at radius 1 is 1.03 bits per heavy atom. The van der Waals surface area contributed by atoms with Crippen molar-refractivity contribution in [3.05, 3.63) is 35.4 Å².